The molecule has 4 unspecified atom stereocenters. The lowest BCUT2D eigenvalue weighted by atomic mass is 9.90. The third-order valence-electron chi connectivity index (χ3n) is 2.80. The van der Waals surface area contributed by atoms with Crippen molar-refractivity contribution >= 4 is 17.7 Å². The average Bonchev–Trinajstić information content (AvgIpc) is 2.70. The van der Waals surface area contributed by atoms with Crippen LogP contribution in [0, 0.1) is 5.92 Å². The molecule has 0 aromatic heterocycles. The van der Waals surface area contributed by atoms with E-state index in [9.17, 15) is 4.79 Å². The van der Waals surface area contributed by atoms with Gasteiger partial charge in [-0.3, -0.25) is 4.79 Å². The molecule has 0 spiro atoms. The summed E-state index contributed by atoms with van der Waals surface area (Å²) in [6.45, 7) is 0.725. The van der Waals surface area contributed by atoms with Gasteiger partial charge < -0.3 is 5.32 Å². The molecule has 4 atom stereocenters. The number of carbonyl (C=O) groups excluding carboxylic acids is 1. The van der Waals surface area contributed by atoms with Crippen LogP contribution in [0.1, 0.15) is 0 Å². The summed E-state index contributed by atoms with van der Waals surface area (Å²) in [6, 6.07) is 0.495. The number of hydrogen-bond acceptors (Lipinski definition) is 4. The molecule has 0 radical (unpaired) electrons. The summed E-state index contributed by atoms with van der Waals surface area (Å²) in [5.41, 5.74) is 0. The van der Waals surface area contributed by atoms with Crippen molar-refractivity contribution in [3.63, 3.8) is 0 Å². The number of nitrogens with zero attached hydrogens (tertiary/aromatic N) is 2. The highest BCUT2D eigenvalue weighted by atomic mass is 32.2. The smallest absolute Gasteiger partial charge is 0.270 e. The molecule has 3 heterocycles. The lowest BCUT2D eigenvalue weighted by Crippen LogP contribution is -2.53. The van der Waals surface area contributed by atoms with Crippen LogP contribution in [-0.2, 0) is 4.79 Å². The molecule has 1 amide bonds. The predicted octanol–water partition coefficient (Wildman–Crippen LogP) is 0.565. The number of fused-ring (bicyclic) bond motifs is 3. The Labute approximate surface area is 79.9 Å². The Balaban J connectivity index is 1.90. The second-order valence-corrected chi connectivity index (χ2v) is 4.60. The van der Waals surface area contributed by atoms with Gasteiger partial charge in [-0.2, -0.15) is 5.11 Å². The van der Waals surface area contributed by atoms with E-state index in [0.29, 0.717) is 11.3 Å². The van der Waals surface area contributed by atoms with E-state index in [1.165, 1.54) is 0 Å². The van der Waals surface area contributed by atoms with E-state index in [0.717, 1.165) is 6.54 Å². The minimum atomic E-state index is -0.0524. The summed E-state index contributed by atoms with van der Waals surface area (Å²) >= 11 is 1.76. The first-order valence-corrected chi connectivity index (χ1v) is 5.31. The van der Waals surface area contributed by atoms with Crippen molar-refractivity contribution in [2.75, 3.05) is 6.54 Å². The molecule has 1 N–H and O–H groups in total. The Kier molecular flexibility index (Phi) is 1.57. The Morgan fingerprint density at radius 3 is 3.46 bits per heavy atom. The monoisotopic (exact) mass is 195 g/mol. The number of azo groups is 1. The van der Waals surface area contributed by atoms with Gasteiger partial charge in [0.15, 0.2) is 0 Å². The zero-order valence-electron chi connectivity index (χ0n) is 6.88. The summed E-state index contributed by atoms with van der Waals surface area (Å²) in [5, 5.41) is 13.5. The van der Waals surface area contributed by atoms with Crippen molar-refractivity contribution in [3.8, 4) is 0 Å². The topological polar surface area (TPSA) is 53.8 Å². The largest absolute Gasteiger partial charge is 0.309 e. The van der Waals surface area contributed by atoms with Gasteiger partial charge in [-0.1, -0.05) is 6.08 Å². The summed E-state index contributed by atoms with van der Waals surface area (Å²) < 4.78 is 0. The van der Waals surface area contributed by atoms with Crippen LogP contribution in [0.2, 0.25) is 0 Å². The first kappa shape index (κ1) is 7.70. The van der Waals surface area contributed by atoms with Crippen LogP contribution in [0.25, 0.3) is 0 Å². The van der Waals surface area contributed by atoms with Crippen LogP contribution < -0.4 is 5.32 Å². The fourth-order valence-corrected chi connectivity index (χ4v) is 3.28. The van der Waals surface area contributed by atoms with E-state index in [-0.39, 0.29) is 17.9 Å². The number of rotatable bonds is 0. The molecule has 13 heavy (non-hydrogen) atoms. The van der Waals surface area contributed by atoms with Crippen molar-refractivity contribution < 1.29 is 4.79 Å². The zero-order chi connectivity index (χ0) is 8.84. The molecule has 1 saturated heterocycles. The number of hydrogen-bond donors (Lipinski definition) is 1. The van der Waals surface area contributed by atoms with Gasteiger partial charge in [0.25, 0.3) is 5.91 Å². The predicted molar refractivity (Wildman–Crippen MR) is 49.5 cm³/mol. The van der Waals surface area contributed by atoms with Crippen LogP contribution >= 0.6 is 11.8 Å². The summed E-state index contributed by atoms with van der Waals surface area (Å²) in [7, 11) is 0. The van der Waals surface area contributed by atoms with Crippen LogP contribution in [0.3, 0.4) is 0 Å². The normalized spacial score (nSPS) is 46.6. The average molecular weight is 195 g/mol. The Bertz CT molecular complexity index is 315. The molecular formula is C8H9N3OS. The quantitative estimate of drug-likeness (QED) is 0.614. The van der Waals surface area contributed by atoms with Crippen molar-refractivity contribution in [3.05, 3.63) is 11.5 Å². The highest BCUT2D eigenvalue weighted by Gasteiger charge is 2.46. The lowest BCUT2D eigenvalue weighted by Gasteiger charge is -2.32. The summed E-state index contributed by atoms with van der Waals surface area (Å²) in [4.78, 5) is 11.3. The molecule has 3 aliphatic heterocycles. The molecule has 0 bridgehead atoms. The Morgan fingerprint density at radius 2 is 2.54 bits per heavy atom. The molecule has 5 heteroatoms. The van der Waals surface area contributed by atoms with Gasteiger partial charge in [0, 0.05) is 12.6 Å². The summed E-state index contributed by atoms with van der Waals surface area (Å²) in [6.07, 6.45) is 2.14. The minimum Gasteiger partial charge on any atom is -0.309 e. The number of piperidine rings is 1. The maximum atomic E-state index is 11.3. The molecular weight excluding hydrogens is 186 g/mol. The number of amides is 1. The molecule has 3 rings (SSSR count). The Hall–Kier alpha value is -0.680. The van der Waals surface area contributed by atoms with E-state index in [1.54, 1.807) is 11.8 Å². The molecule has 1 fully saturated rings. The zero-order valence-corrected chi connectivity index (χ0v) is 7.70. The number of nitrogens with one attached hydrogen (secondary N) is 1. The first-order chi connectivity index (χ1) is 6.36. The van der Waals surface area contributed by atoms with E-state index < -0.39 is 0 Å². The van der Waals surface area contributed by atoms with Crippen LogP contribution in [0.5, 0.6) is 0 Å². The number of carbonyl (C=O) groups is 1. The second kappa shape index (κ2) is 2.65. The van der Waals surface area contributed by atoms with E-state index in [2.05, 4.69) is 27.0 Å². The lowest BCUT2D eigenvalue weighted by molar-refractivity contribution is -0.121. The van der Waals surface area contributed by atoms with Gasteiger partial charge in [0.2, 0.25) is 0 Å². The molecule has 0 aliphatic carbocycles. The van der Waals surface area contributed by atoms with E-state index in [4.69, 9.17) is 0 Å². The van der Waals surface area contributed by atoms with E-state index in [1.807, 2.05) is 0 Å². The molecule has 4 nitrogen and oxygen atoms in total. The maximum absolute atomic E-state index is 11.3. The highest BCUT2D eigenvalue weighted by molar-refractivity contribution is 8.03. The fraction of sp³-hybridized carbons (Fsp3) is 0.625. The van der Waals surface area contributed by atoms with Crippen molar-refractivity contribution in [2.45, 2.75) is 17.3 Å². The Morgan fingerprint density at radius 1 is 1.62 bits per heavy atom. The molecule has 68 valence electrons. The van der Waals surface area contributed by atoms with Gasteiger partial charge in [-0.05, 0) is 5.41 Å². The highest BCUT2D eigenvalue weighted by Crippen LogP contribution is 2.37. The minimum absolute atomic E-state index is 0.00588. The van der Waals surface area contributed by atoms with Gasteiger partial charge in [0.05, 0.1) is 17.2 Å². The standard InChI is InChI=1S/C8H9N3OS/c12-8-4-3-9-5-1-2-13-7(5)6(4)10-11-8/h1-2,4-7,9H,3H2. The molecule has 0 aromatic carbocycles. The first-order valence-electron chi connectivity index (χ1n) is 4.36. The molecule has 3 aliphatic rings. The molecule has 0 saturated carbocycles. The van der Waals surface area contributed by atoms with Crippen LogP contribution in [-0.4, -0.2) is 29.8 Å². The third kappa shape index (κ3) is 1.00. The van der Waals surface area contributed by atoms with Crippen LogP contribution in [0.15, 0.2) is 21.7 Å². The third-order valence-corrected chi connectivity index (χ3v) is 4.01. The van der Waals surface area contributed by atoms with Gasteiger partial charge in [-0.15, -0.1) is 16.9 Å². The summed E-state index contributed by atoms with van der Waals surface area (Å²) in [5.74, 6) is -0.0582. The molecule has 0 aromatic rings. The SMILES string of the molecule is O=C1N=NC2C1CNC1C=CSC12. The second-order valence-electron chi connectivity index (χ2n) is 3.51. The van der Waals surface area contributed by atoms with Gasteiger partial charge >= 0.3 is 0 Å². The van der Waals surface area contributed by atoms with Gasteiger partial charge in [-0.25, -0.2) is 0 Å². The number of thioether (sulfide) groups is 1. The fourth-order valence-electron chi connectivity index (χ4n) is 2.08. The maximum Gasteiger partial charge on any atom is 0.270 e. The van der Waals surface area contributed by atoms with Crippen molar-refractivity contribution in [1.82, 2.24) is 5.32 Å². The van der Waals surface area contributed by atoms with Crippen LogP contribution in [0.4, 0.5) is 0 Å². The van der Waals surface area contributed by atoms with Crippen molar-refractivity contribution in [1.29, 1.82) is 0 Å². The van der Waals surface area contributed by atoms with Gasteiger partial charge in [0.1, 0.15) is 0 Å². The van der Waals surface area contributed by atoms with E-state index >= 15 is 0 Å². The van der Waals surface area contributed by atoms with Crippen molar-refractivity contribution in [2.24, 2.45) is 16.1 Å².